The highest BCUT2D eigenvalue weighted by atomic mass is 16.7. The highest BCUT2D eigenvalue weighted by Gasteiger charge is 2.28. The Morgan fingerprint density at radius 3 is 3.00 bits per heavy atom. The van der Waals surface area contributed by atoms with Crippen LogP contribution in [0, 0.1) is 0 Å². The Kier molecular flexibility index (Phi) is 3.53. The molecule has 1 amide bonds. The minimum absolute atomic E-state index is 0.0433. The molecule has 1 aromatic carbocycles. The molecule has 3 N–H and O–H groups in total. The van der Waals surface area contributed by atoms with E-state index in [2.05, 4.69) is 5.16 Å². The van der Waals surface area contributed by atoms with Gasteiger partial charge in [0.25, 0.3) is 5.91 Å². The summed E-state index contributed by atoms with van der Waals surface area (Å²) in [6, 6.07) is 5.04. The van der Waals surface area contributed by atoms with E-state index in [1.807, 2.05) is 0 Å². The van der Waals surface area contributed by atoms with Gasteiger partial charge in [-0.05, 0) is 18.2 Å². The van der Waals surface area contributed by atoms with Crippen LogP contribution in [-0.2, 0) is 4.74 Å². The van der Waals surface area contributed by atoms with Gasteiger partial charge in [-0.25, -0.2) is 0 Å². The molecule has 1 atom stereocenters. The highest BCUT2D eigenvalue weighted by molar-refractivity contribution is 5.95. The molecule has 0 aromatic heterocycles. The van der Waals surface area contributed by atoms with Crippen LogP contribution in [0.4, 0.5) is 0 Å². The molecule has 1 fully saturated rings. The first kappa shape index (κ1) is 13.5. The summed E-state index contributed by atoms with van der Waals surface area (Å²) in [5, 5.41) is 11.6. The fraction of sp³-hybridized carbons (Fsp3) is 0.385. The van der Waals surface area contributed by atoms with E-state index < -0.39 is 6.10 Å². The third kappa shape index (κ3) is 2.57. The summed E-state index contributed by atoms with van der Waals surface area (Å²) < 4.78 is 15.8. The fourth-order valence-electron chi connectivity index (χ4n) is 2.29. The number of amides is 1. The molecule has 1 saturated heterocycles. The van der Waals surface area contributed by atoms with E-state index >= 15 is 0 Å². The Morgan fingerprint density at radius 2 is 2.19 bits per heavy atom. The average Bonchev–Trinajstić information content (AvgIpc) is 3.01. The van der Waals surface area contributed by atoms with Gasteiger partial charge < -0.3 is 30.1 Å². The topological polar surface area (TPSA) is 107 Å². The quantitative estimate of drug-likeness (QED) is 0.344. The number of carbonyl (C=O) groups excluding carboxylic acids is 1. The van der Waals surface area contributed by atoms with Gasteiger partial charge in [0, 0.05) is 12.1 Å². The molecule has 3 rings (SSSR count). The summed E-state index contributed by atoms with van der Waals surface area (Å²) >= 11 is 0. The Hall–Kier alpha value is -2.48. The predicted molar refractivity (Wildman–Crippen MR) is 71.6 cm³/mol. The van der Waals surface area contributed by atoms with Crippen LogP contribution in [0.25, 0.3) is 0 Å². The van der Waals surface area contributed by atoms with Crippen LogP contribution in [0.3, 0.4) is 0 Å². The molecule has 2 aliphatic heterocycles. The molecule has 1 unspecified atom stereocenters. The summed E-state index contributed by atoms with van der Waals surface area (Å²) in [6.45, 7) is 1.18. The van der Waals surface area contributed by atoms with Crippen LogP contribution in [0.15, 0.2) is 23.4 Å². The zero-order chi connectivity index (χ0) is 14.8. The third-order valence-corrected chi connectivity index (χ3v) is 3.42. The van der Waals surface area contributed by atoms with E-state index in [1.165, 1.54) is 0 Å². The highest BCUT2D eigenvalue weighted by Crippen LogP contribution is 2.32. The van der Waals surface area contributed by atoms with Gasteiger partial charge in [0.05, 0.1) is 13.2 Å². The number of hydrogen-bond acceptors (Lipinski definition) is 6. The Bertz CT molecular complexity index is 589. The summed E-state index contributed by atoms with van der Waals surface area (Å²) in [7, 11) is 0. The first-order valence-electron chi connectivity index (χ1n) is 6.47. The van der Waals surface area contributed by atoms with Gasteiger partial charge in [0.15, 0.2) is 17.3 Å². The maximum absolute atomic E-state index is 12.5. The molecule has 0 aliphatic carbocycles. The third-order valence-electron chi connectivity index (χ3n) is 3.42. The van der Waals surface area contributed by atoms with Crippen molar-refractivity contribution < 1.29 is 24.2 Å². The van der Waals surface area contributed by atoms with Crippen molar-refractivity contribution in [3.63, 3.8) is 0 Å². The molecular weight excluding hydrogens is 278 g/mol. The van der Waals surface area contributed by atoms with Gasteiger partial charge in [0.1, 0.15) is 6.10 Å². The number of oxime groups is 1. The largest absolute Gasteiger partial charge is 0.454 e. The lowest BCUT2D eigenvalue weighted by Gasteiger charge is -2.32. The van der Waals surface area contributed by atoms with E-state index in [4.69, 9.17) is 25.2 Å². The zero-order valence-corrected chi connectivity index (χ0v) is 11.2. The predicted octanol–water partition coefficient (Wildman–Crippen LogP) is 0.00270. The molecule has 2 heterocycles. The van der Waals surface area contributed by atoms with Crippen molar-refractivity contribution in [1.82, 2.24) is 4.90 Å². The van der Waals surface area contributed by atoms with E-state index in [0.717, 1.165) is 0 Å². The Morgan fingerprint density at radius 1 is 1.38 bits per heavy atom. The van der Waals surface area contributed by atoms with Crippen LogP contribution in [0.2, 0.25) is 0 Å². The van der Waals surface area contributed by atoms with Gasteiger partial charge in [-0.15, -0.1) is 0 Å². The van der Waals surface area contributed by atoms with Crippen molar-refractivity contribution in [2.75, 3.05) is 26.5 Å². The normalized spacial score (nSPS) is 21.4. The second-order valence-electron chi connectivity index (χ2n) is 4.70. The first-order valence-corrected chi connectivity index (χ1v) is 6.47. The number of nitrogens with zero attached hydrogens (tertiary/aromatic N) is 2. The number of hydrogen-bond donors (Lipinski definition) is 2. The van der Waals surface area contributed by atoms with Gasteiger partial charge >= 0.3 is 0 Å². The monoisotopic (exact) mass is 293 g/mol. The second kappa shape index (κ2) is 5.49. The molecule has 8 nitrogen and oxygen atoms in total. The fourth-order valence-corrected chi connectivity index (χ4v) is 2.29. The van der Waals surface area contributed by atoms with E-state index in [-0.39, 0.29) is 25.1 Å². The van der Waals surface area contributed by atoms with Crippen molar-refractivity contribution in [2.45, 2.75) is 6.10 Å². The number of rotatable bonds is 2. The smallest absolute Gasteiger partial charge is 0.254 e. The zero-order valence-electron chi connectivity index (χ0n) is 11.2. The number of ether oxygens (including phenoxy) is 3. The second-order valence-corrected chi connectivity index (χ2v) is 4.70. The summed E-state index contributed by atoms with van der Waals surface area (Å²) in [5.74, 6) is 0.982. The standard InChI is InChI=1S/C13H15N3O5/c14-12(15-18)11-6-16(3-4-19-11)13(17)8-1-2-9-10(5-8)21-7-20-9/h1-2,5,11,18H,3-4,6-7H2,(H2,14,15). The van der Waals surface area contributed by atoms with Crippen LogP contribution in [0.5, 0.6) is 11.5 Å². The van der Waals surface area contributed by atoms with Crippen molar-refractivity contribution in [3.8, 4) is 11.5 Å². The van der Waals surface area contributed by atoms with Gasteiger partial charge in [-0.3, -0.25) is 4.79 Å². The van der Waals surface area contributed by atoms with Gasteiger partial charge in [-0.1, -0.05) is 5.16 Å². The van der Waals surface area contributed by atoms with Crippen LogP contribution < -0.4 is 15.2 Å². The molecule has 8 heteroatoms. The number of amidine groups is 1. The van der Waals surface area contributed by atoms with E-state index in [0.29, 0.717) is 30.2 Å². The number of fused-ring (bicyclic) bond motifs is 1. The van der Waals surface area contributed by atoms with Gasteiger partial charge in [0.2, 0.25) is 6.79 Å². The molecule has 0 saturated carbocycles. The van der Waals surface area contributed by atoms with Crippen molar-refractivity contribution in [1.29, 1.82) is 0 Å². The lowest BCUT2D eigenvalue weighted by molar-refractivity contribution is 0.00675. The Labute approximate surface area is 120 Å². The number of morpholine rings is 1. The van der Waals surface area contributed by atoms with E-state index in [1.54, 1.807) is 23.1 Å². The molecule has 2 aliphatic rings. The molecule has 0 bridgehead atoms. The minimum Gasteiger partial charge on any atom is -0.454 e. The lowest BCUT2D eigenvalue weighted by Crippen LogP contribution is -2.50. The number of benzene rings is 1. The van der Waals surface area contributed by atoms with Crippen LogP contribution >= 0.6 is 0 Å². The first-order chi connectivity index (χ1) is 10.2. The molecule has 0 radical (unpaired) electrons. The van der Waals surface area contributed by atoms with Crippen LogP contribution in [0.1, 0.15) is 10.4 Å². The van der Waals surface area contributed by atoms with E-state index in [9.17, 15) is 4.79 Å². The van der Waals surface area contributed by atoms with Crippen molar-refractivity contribution in [2.24, 2.45) is 10.9 Å². The molecule has 112 valence electrons. The maximum Gasteiger partial charge on any atom is 0.254 e. The number of carbonyl (C=O) groups is 1. The number of nitrogens with two attached hydrogens (primary N) is 1. The van der Waals surface area contributed by atoms with Crippen LogP contribution in [-0.4, -0.2) is 54.4 Å². The van der Waals surface area contributed by atoms with Crippen molar-refractivity contribution in [3.05, 3.63) is 23.8 Å². The molecule has 21 heavy (non-hydrogen) atoms. The Balaban J connectivity index is 1.75. The minimum atomic E-state index is -0.596. The average molecular weight is 293 g/mol. The summed E-state index contributed by atoms with van der Waals surface area (Å²) in [5.41, 5.74) is 6.02. The lowest BCUT2D eigenvalue weighted by atomic mass is 10.1. The summed E-state index contributed by atoms with van der Waals surface area (Å²) in [4.78, 5) is 14.1. The maximum atomic E-state index is 12.5. The van der Waals surface area contributed by atoms with Gasteiger partial charge in [-0.2, -0.15) is 0 Å². The summed E-state index contributed by atoms with van der Waals surface area (Å²) in [6.07, 6.45) is -0.596. The van der Waals surface area contributed by atoms with Crippen molar-refractivity contribution >= 4 is 11.7 Å². The SMILES string of the molecule is NC(=NO)C1CN(C(=O)c2ccc3c(c2)OCO3)CCO1. The molecular formula is C13H15N3O5. The molecule has 1 aromatic rings. The molecule has 0 spiro atoms.